The zero-order chi connectivity index (χ0) is 11.4. The van der Waals surface area contributed by atoms with E-state index in [1.165, 1.54) is 11.3 Å². The normalized spacial score (nSPS) is 19.5. The van der Waals surface area contributed by atoms with Crippen LogP contribution >= 0.6 is 28.3 Å². The summed E-state index contributed by atoms with van der Waals surface area (Å²) in [5.74, 6) is -0.367. The molecule has 17 heavy (non-hydrogen) atoms. The van der Waals surface area contributed by atoms with Gasteiger partial charge in [-0.15, -0.1) is 28.3 Å². The molecule has 1 unspecified atom stereocenters. The van der Waals surface area contributed by atoms with Crippen molar-refractivity contribution in [1.29, 1.82) is 0 Å². The van der Waals surface area contributed by atoms with Gasteiger partial charge >= 0.3 is 5.97 Å². The van der Waals surface area contributed by atoms with Gasteiger partial charge < -0.3 is 14.8 Å². The van der Waals surface area contributed by atoms with Gasteiger partial charge in [-0.05, 0) is 6.92 Å². The van der Waals surface area contributed by atoms with Crippen molar-refractivity contribution in [2.75, 3.05) is 26.3 Å². The first kappa shape index (κ1) is 14.6. The summed E-state index contributed by atoms with van der Waals surface area (Å²) in [7, 11) is 0. The van der Waals surface area contributed by atoms with Gasteiger partial charge in [0.2, 0.25) is 0 Å². The fraction of sp³-hybridized carbons (Fsp3) is 0.600. The molecule has 1 aliphatic heterocycles. The summed E-state index contributed by atoms with van der Waals surface area (Å²) in [6, 6.07) is 0. The number of esters is 1. The lowest BCUT2D eigenvalue weighted by atomic mass is 10.3. The fourth-order valence-electron chi connectivity index (χ4n) is 1.46. The second-order valence-corrected chi connectivity index (χ2v) is 4.24. The first-order chi connectivity index (χ1) is 7.81. The van der Waals surface area contributed by atoms with E-state index in [2.05, 4.69) is 10.3 Å². The molecule has 96 valence electrons. The minimum absolute atomic E-state index is 0. The van der Waals surface area contributed by atoms with E-state index in [4.69, 9.17) is 9.47 Å². The van der Waals surface area contributed by atoms with Crippen LogP contribution in [-0.2, 0) is 9.47 Å². The van der Waals surface area contributed by atoms with E-state index in [0.29, 0.717) is 18.9 Å². The Hall–Kier alpha value is -0.500. The lowest BCUT2D eigenvalue weighted by Gasteiger charge is -2.21. The van der Waals surface area contributed by atoms with E-state index in [1.54, 1.807) is 12.3 Å². The highest BCUT2D eigenvalue weighted by molar-refractivity contribution is 8.93. The highest BCUT2D eigenvalue weighted by atomic mass is 79.9. The topological polar surface area (TPSA) is 60.5 Å². The Morgan fingerprint density at radius 1 is 1.76 bits per heavy atom. The molecule has 1 aliphatic rings. The molecule has 0 aliphatic carbocycles. The number of halogens is 1. The molecule has 1 aromatic rings. The molecule has 0 radical (unpaired) electrons. The third-order valence-corrected chi connectivity index (χ3v) is 3.15. The van der Waals surface area contributed by atoms with Crippen LogP contribution in [0.4, 0.5) is 0 Å². The predicted octanol–water partition coefficient (Wildman–Crippen LogP) is 1.56. The first-order valence-corrected chi connectivity index (χ1v) is 6.14. The van der Waals surface area contributed by atoms with E-state index >= 15 is 0 Å². The average Bonchev–Trinajstić information content (AvgIpc) is 2.80. The summed E-state index contributed by atoms with van der Waals surface area (Å²) >= 11 is 1.43. The van der Waals surface area contributed by atoms with Crippen LogP contribution in [0.25, 0.3) is 0 Å². The maximum atomic E-state index is 11.4. The second-order valence-electron chi connectivity index (χ2n) is 3.36. The predicted molar refractivity (Wildman–Crippen MR) is 70.0 cm³/mol. The summed E-state index contributed by atoms with van der Waals surface area (Å²) < 4.78 is 10.4. The maximum Gasteiger partial charge on any atom is 0.357 e. The third kappa shape index (κ3) is 3.74. The van der Waals surface area contributed by atoms with Crippen molar-refractivity contribution in [1.82, 2.24) is 10.3 Å². The molecule has 5 nitrogen and oxygen atoms in total. The fourth-order valence-corrected chi connectivity index (χ4v) is 2.29. The molecule has 0 bridgehead atoms. The van der Waals surface area contributed by atoms with Crippen molar-refractivity contribution in [3.8, 4) is 0 Å². The van der Waals surface area contributed by atoms with Crippen LogP contribution in [0.1, 0.15) is 28.5 Å². The highest BCUT2D eigenvalue weighted by Crippen LogP contribution is 2.22. The molecule has 0 saturated carbocycles. The van der Waals surface area contributed by atoms with Gasteiger partial charge in [0.15, 0.2) is 5.69 Å². The van der Waals surface area contributed by atoms with E-state index in [9.17, 15) is 4.79 Å². The van der Waals surface area contributed by atoms with Crippen molar-refractivity contribution < 1.29 is 14.3 Å². The number of carbonyl (C=O) groups is 1. The van der Waals surface area contributed by atoms with Crippen molar-refractivity contribution in [3.63, 3.8) is 0 Å². The monoisotopic (exact) mass is 322 g/mol. The minimum Gasteiger partial charge on any atom is -0.461 e. The van der Waals surface area contributed by atoms with Crippen LogP contribution in [0.2, 0.25) is 0 Å². The molecule has 7 heteroatoms. The van der Waals surface area contributed by atoms with Crippen LogP contribution in [0.15, 0.2) is 5.38 Å². The molecule has 1 atom stereocenters. The summed E-state index contributed by atoms with van der Waals surface area (Å²) in [5, 5.41) is 5.76. The Balaban J connectivity index is 0.00000144. The van der Waals surface area contributed by atoms with E-state index < -0.39 is 0 Å². The van der Waals surface area contributed by atoms with Gasteiger partial charge in [0.05, 0.1) is 13.2 Å². The van der Waals surface area contributed by atoms with Crippen molar-refractivity contribution in [2.45, 2.75) is 13.0 Å². The quantitative estimate of drug-likeness (QED) is 0.856. The summed E-state index contributed by atoms with van der Waals surface area (Å²) in [6.45, 7) is 4.44. The number of morpholine rings is 1. The van der Waals surface area contributed by atoms with Gasteiger partial charge in [0.25, 0.3) is 0 Å². The average molecular weight is 323 g/mol. The number of rotatable bonds is 3. The van der Waals surface area contributed by atoms with Crippen molar-refractivity contribution in [3.05, 3.63) is 16.1 Å². The SMILES string of the molecule is Br.CCOC(=O)c1csc(C2CNCCO2)n1. The molecule has 1 aromatic heterocycles. The Morgan fingerprint density at radius 2 is 2.59 bits per heavy atom. The van der Waals surface area contributed by atoms with Gasteiger partial charge in [-0.3, -0.25) is 0 Å². The number of nitrogens with one attached hydrogen (secondary N) is 1. The first-order valence-electron chi connectivity index (χ1n) is 5.26. The van der Waals surface area contributed by atoms with E-state index in [-0.39, 0.29) is 29.1 Å². The van der Waals surface area contributed by atoms with Crippen LogP contribution in [0.3, 0.4) is 0 Å². The molecule has 2 rings (SSSR count). The molecule has 1 N–H and O–H groups in total. The number of nitrogens with zero attached hydrogens (tertiary/aromatic N) is 1. The minimum atomic E-state index is -0.367. The Labute approximate surface area is 114 Å². The molecule has 1 fully saturated rings. The van der Waals surface area contributed by atoms with E-state index in [0.717, 1.165) is 18.1 Å². The molecular weight excluding hydrogens is 308 g/mol. The van der Waals surface area contributed by atoms with Crippen molar-refractivity contribution in [2.24, 2.45) is 0 Å². The third-order valence-electron chi connectivity index (χ3n) is 2.21. The standard InChI is InChI=1S/C10H14N2O3S.BrH/c1-2-14-10(13)7-6-16-9(12-7)8-5-11-3-4-15-8;/h6,8,11H,2-5H2,1H3;1H. The largest absolute Gasteiger partial charge is 0.461 e. The maximum absolute atomic E-state index is 11.4. The molecule has 0 spiro atoms. The zero-order valence-electron chi connectivity index (χ0n) is 9.47. The van der Waals surface area contributed by atoms with Gasteiger partial charge in [0, 0.05) is 18.5 Å². The summed E-state index contributed by atoms with van der Waals surface area (Å²) in [5.41, 5.74) is 0.371. The van der Waals surface area contributed by atoms with Crippen LogP contribution < -0.4 is 5.32 Å². The van der Waals surface area contributed by atoms with E-state index in [1.807, 2.05) is 0 Å². The van der Waals surface area contributed by atoms with Gasteiger partial charge in [0.1, 0.15) is 11.1 Å². The second kappa shape index (κ2) is 7.05. The Kier molecular flexibility index (Phi) is 6.04. The number of ether oxygens (including phenoxy) is 2. The Morgan fingerprint density at radius 3 is 3.24 bits per heavy atom. The van der Waals surface area contributed by atoms with Crippen molar-refractivity contribution >= 4 is 34.3 Å². The molecule has 0 aromatic carbocycles. The lowest BCUT2D eigenvalue weighted by molar-refractivity contribution is 0.0273. The lowest BCUT2D eigenvalue weighted by Crippen LogP contribution is -2.33. The number of thiazole rings is 1. The summed E-state index contributed by atoms with van der Waals surface area (Å²) in [4.78, 5) is 15.6. The zero-order valence-corrected chi connectivity index (χ0v) is 12.0. The van der Waals surface area contributed by atoms with Crippen LogP contribution in [0, 0.1) is 0 Å². The summed E-state index contributed by atoms with van der Waals surface area (Å²) in [6.07, 6.45) is -0.0399. The van der Waals surface area contributed by atoms with Crippen LogP contribution in [0.5, 0.6) is 0 Å². The molecular formula is C10H15BrN2O3S. The number of carbonyl (C=O) groups excluding carboxylic acids is 1. The smallest absolute Gasteiger partial charge is 0.357 e. The molecule has 1 saturated heterocycles. The highest BCUT2D eigenvalue weighted by Gasteiger charge is 2.21. The number of hydrogen-bond acceptors (Lipinski definition) is 6. The van der Waals surface area contributed by atoms with Gasteiger partial charge in [-0.2, -0.15) is 0 Å². The number of aromatic nitrogens is 1. The number of hydrogen-bond donors (Lipinski definition) is 1. The van der Waals surface area contributed by atoms with Gasteiger partial charge in [-0.25, -0.2) is 9.78 Å². The Bertz CT molecular complexity index is 366. The molecule has 2 heterocycles. The molecule has 0 amide bonds. The van der Waals surface area contributed by atoms with Crippen LogP contribution in [-0.4, -0.2) is 37.3 Å². The van der Waals surface area contributed by atoms with Gasteiger partial charge in [-0.1, -0.05) is 0 Å².